The average Bonchev–Trinajstić information content (AvgIpc) is 2.58. The van der Waals surface area contributed by atoms with Crippen LogP contribution in [0, 0.1) is 19.8 Å². The molecule has 0 N–H and O–H groups in total. The first-order valence-electron chi connectivity index (χ1n) is 9.00. The molecule has 0 aliphatic heterocycles. The van der Waals surface area contributed by atoms with Crippen LogP contribution in [0.3, 0.4) is 0 Å². The van der Waals surface area contributed by atoms with E-state index in [1.807, 2.05) is 0 Å². The van der Waals surface area contributed by atoms with E-state index in [2.05, 4.69) is 63.2 Å². The minimum absolute atomic E-state index is 0.743. The van der Waals surface area contributed by atoms with Crippen molar-refractivity contribution < 1.29 is 4.74 Å². The van der Waals surface area contributed by atoms with Crippen LogP contribution in [-0.4, -0.2) is 0 Å². The first-order valence-corrected chi connectivity index (χ1v) is 9.00. The van der Waals surface area contributed by atoms with E-state index in [1.54, 1.807) is 0 Å². The maximum absolute atomic E-state index is 6.04. The smallest absolute Gasteiger partial charge is 0.130 e. The summed E-state index contributed by atoms with van der Waals surface area (Å²) in [6.45, 7) is 6.53. The molecule has 0 atom stereocenters. The van der Waals surface area contributed by atoms with Gasteiger partial charge in [0.15, 0.2) is 0 Å². The van der Waals surface area contributed by atoms with Crippen molar-refractivity contribution in [1.29, 1.82) is 0 Å². The van der Waals surface area contributed by atoms with Gasteiger partial charge in [-0.2, -0.15) is 0 Å². The molecule has 122 valence electrons. The quantitative estimate of drug-likeness (QED) is 0.605. The van der Waals surface area contributed by atoms with Crippen molar-refractivity contribution in [1.82, 2.24) is 0 Å². The maximum atomic E-state index is 6.04. The number of ether oxygens (including phenoxy) is 1. The SMILES string of the molecule is CCC1CCC(c2ccc(Oc3ccc(C)cc3C)cc2)CC1. The molecule has 0 aromatic heterocycles. The number of hydrogen-bond donors (Lipinski definition) is 0. The lowest BCUT2D eigenvalue weighted by Crippen LogP contribution is -2.12. The van der Waals surface area contributed by atoms with Gasteiger partial charge in [0.25, 0.3) is 0 Å². The van der Waals surface area contributed by atoms with Crippen molar-refractivity contribution in [3.05, 3.63) is 59.2 Å². The van der Waals surface area contributed by atoms with E-state index in [0.717, 1.165) is 23.3 Å². The molecule has 0 radical (unpaired) electrons. The zero-order chi connectivity index (χ0) is 16.2. The summed E-state index contributed by atoms with van der Waals surface area (Å²) in [6.07, 6.45) is 6.81. The predicted octanol–water partition coefficient (Wildman–Crippen LogP) is 6.78. The number of aryl methyl sites for hydroxylation is 2. The maximum Gasteiger partial charge on any atom is 0.130 e. The fraction of sp³-hybridized carbons (Fsp3) is 0.455. The van der Waals surface area contributed by atoms with E-state index in [4.69, 9.17) is 4.74 Å². The summed E-state index contributed by atoms with van der Waals surface area (Å²) >= 11 is 0. The highest BCUT2D eigenvalue weighted by atomic mass is 16.5. The van der Waals surface area contributed by atoms with Gasteiger partial charge in [-0.25, -0.2) is 0 Å². The molecule has 2 aromatic rings. The lowest BCUT2D eigenvalue weighted by Gasteiger charge is -2.28. The van der Waals surface area contributed by atoms with Gasteiger partial charge in [0.05, 0.1) is 0 Å². The molecule has 1 heteroatoms. The molecule has 23 heavy (non-hydrogen) atoms. The van der Waals surface area contributed by atoms with Gasteiger partial charge in [0.2, 0.25) is 0 Å². The van der Waals surface area contributed by atoms with Gasteiger partial charge in [-0.3, -0.25) is 0 Å². The molecular formula is C22H28O. The standard InChI is InChI=1S/C22H28O/c1-4-18-6-8-19(9-7-18)20-10-12-21(13-11-20)23-22-14-5-16(2)15-17(22)3/h5,10-15,18-19H,4,6-9H2,1-3H3. The Labute approximate surface area is 140 Å². The number of benzene rings is 2. The fourth-order valence-electron chi connectivity index (χ4n) is 3.75. The molecule has 0 heterocycles. The molecule has 2 aromatic carbocycles. The lowest BCUT2D eigenvalue weighted by molar-refractivity contribution is 0.318. The molecular weight excluding hydrogens is 280 g/mol. The minimum Gasteiger partial charge on any atom is -0.457 e. The van der Waals surface area contributed by atoms with E-state index in [9.17, 15) is 0 Å². The minimum atomic E-state index is 0.743. The van der Waals surface area contributed by atoms with E-state index in [-0.39, 0.29) is 0 Å². The van der Waals surface area contributed by atoms with Crippen LogP contribution >= 0.6 is 0 Å². The third-order valence-corrected chi connectivity index (χ3v) is 5.33. The van der Waals surface area contributed by atoms with Gasteiger partial charge in [-0.1, -0.05) is 43.2 Å². The van der Waals surface area contributed by atoms with Crippen molar-refractivity contribution in [2.75, 3.05) is 0 Å². The van der Waals surface area contributed by atoms with Crippen LogP contribution in [0.1, 0.15) is 61.6 Å². The Morgan fingerprint density at radius 2 is 1.61 bits per heavy atom. The molecule has 0 spiro atoms. The van der Waals surface area contributed by atoms with E-state index in [1.165, 1.54) is 48.8 Å². The fourth-order valence-corrected chi connectivity index (χ4v) is 3.75. The molecule has 0 bridgehead atoms. The second-order valence-corrected chi connectivity index (χ2v) is 7.07. The summed E-state index contributed by atoms with van der Waals surface area (Å²) in [5, 5.41) is 0. The van der Waals surface area contributed by atoms with Gasteiger partial charge in [-0.05, 0) is 80.7 Å². The molecule has 1 aliphatic carbocycles. The van der Waals surface area contributed by atoms with Crippen molar-refractivity contribution in [3.63, 3.8) is 0 Å². The Balaban J connectivity index is 1.65. The van der Waals surface area contributed by atoms with E-state index >= 15 is 0 Å². The van der Waals surface area contributed by atoms with Gasteiger partial charge < -0.3 is 4.74 Å². The van der Waals surface area contributed by atoms with Crippen LogP contribution in [0.25, 0.3) is 0 Å². The molecule has 1 fully saturated rings. The van der Waals surface area contributed by atoms with E-state index in [0.29, 0.717) is 0 Å². The van der Waals surface area contributed by atoms with Crippen LogP contribution < -0.4 is 4.74 Å². The molecule has 0 unspecified atom stereocenters. The highest BCUT2D eigenvalue weighted by molar-refractivity contribution is 5.40. The van der Waals surface area contributed by atoms with Crippen molar-refractivity contribution in [2.45, 2.75) is 58.8 Å². The van der Waals surface area contributed by atoms with Gasteiger partial charge in [0.1, 0.15) is 11.5 Å². The third kappa shape index (κ3) is 3.96. The normalized spacial score (nSPS) is 21.2. The van der Waals surface area contributed by atoms with Gasteiger partial charge in [0, 0.05) is 0 Å². The monoisotopic (exact) mass is 308 g/mol. The second kappa shape index (κ2) is 7.21. The van der Waals surface area contributed by atoms with Gasteiger partial charge in [-0.15, -0.1) is 0 Å². The Bertz CT molecular complexity index is 634. The molecule has 1 saturated carbocycles. The van der Waals surface area contributed by atoms with Crippen LogP contribution in [0.5, 0.6) is 11.5 Å². The zero-order valence-corrected chi connectivity index (χ0v) is 14.6. The van der Waals surface area contributed by atoms with Crippen LogP contribution in [0.2, 0.25) is 0 Å². The summed E-state index contributed by atoms with van der Waals surface area (Å²) < 4.78 is 6.04. The Hall–Kier alpha value is -1.76. The summed E-state index contributed by atoms with van der Waals surface area (Å²) in [6, 6.07) is 15.1. The third-order valence-electron chi connectivity index (χ3n) is 5.33. The van der Waals surface area contributed by atoms with Crippen molar-refractivity contribution >= 4 is 0 Å². The highest BCUT2D eigenvalue weighted by Crippen LogP contribution is 2.37. The lowest BCUT2D eigenvalue weighted by atomic mass is 9.78. The molecule has 0 amide bonds. The second-order valence-electron chi connectivity index (χ2n) is 7.07. The zero-order valence-electron chi connectivity index (χ0n) is 14.6. The largest absolute Gasteiger partial charge is 0.457 e. The van der Waals surface area contributed by atoms with Crippen LogP contribution in [-0.2, 0) is 0 Å². The summed E-state index contributed by atoms with van der Waals surface area (Å²) in [4.78, 5) is 0. The molecule has 1 nitrogen and oxygen atoms in total. The predicted molar refractivity (Wildman–Crippen MR) is 97.4 cm³/mol. The average molecular weight is 308 g/mol. The summed E-state index contributed by atoms with van der Waals surface area (Å²) in [5.41, 5.74) is 3.94. The van der Waals surface area contributed by atoms with Crippen molar-refractivity contribution in [3.8, 4) is 11.5 Å². The van der Waals surface area contributed by atoms with Crippen LogP contribution in [0.15, 0.2) is 42.5 Å². The number of hydrogen-bond acceptors (Lipinski definition) is 1. The first-order chi connectivity index (χ1) is 11.2. The van der Waals surface area contributed by atoms with Crippen molar-refractivity contribution in [2.24, 2.45) is 5.92 Å². The molecule has 1 aliphatic rings. The van der Waals surface area contributed by atoms with Gasteiger partial charge >= 0.3 is 0 Å². The Morgan fingerprint density at radius 3 is 2.22 bits per heavy atom. The Kier molecular flexibility index (Phi) is 5.05. The van der Waals surface area contributed by atoms with E-state index < -0.39 is 0 Å². The summed E-state index contributed by atoms with van der Waals surface area (Å²) in [5.74, 6) is 3.58. The molecule has 3 rings (SSSR count). The topological polar surface area (TPSA) is 9.23 Å². The van der Waals surface area contributed by atoms with Crippen LogP contribution in [0.4, 0.5) is 0 Å². The first kappa shape index (κ1) is 16.1. The molecule has 0 saturated heterocycles. The highest BCUT2D eigenvalue weighted by Gasteiger charge is 2.21. The number of rotatable bonds is 4. The summed E-state index contributed by atoms with van der Waals surface area (Å²) in [7, 11) is 0. The Morgan fingerprint density at radius 1 is 0.913 bits per heavy atom.